The third-order valence-electron chi connectivity index (χ3n) is 2.73. The number of hydrogen-bond donors (Lipinski definition) is 2. The van der Waals surface area contributed by atoms with Crippen molar-refractivity contribution in [2.24, 2.45) is 0 Å². The molecule has 0 aromatic heterocycles. The molecule has 1 unspecified atom stereocenters. The fourth-order valence-corrected chi connectivity index (χ4v) is 2.29. The van der Waals surface area contributed by atoms with Gasteiger partial charge in [-0.2, -0.15) is 0 Å². The molecule has 106 valence electrons. The van der Waals surface area contributed by atoms with Crippen LogP contribution in [0.25, 0.3) is 0 Å². The van der Waals surface area contributed by atoms with Gasteiger partial charge >= 0.3 is 0 Å². The number of aliphatic hydroxyl groups excluding tert-OH is 1. The highest BCUT2D eigenvalue weighted by molar-refractivity contribution is 9.10. The Balaban J connectivity index is 2.26. The minimum atomic E-state index is -0.683. The van der Waals surface area contributed by atoms with Crippen molar-refractivity contribution < 1.29 is 13.9 Å². The number of nitrogens with one attached hydrogen (secondary N) is 1. The van der Waals surface area contributed by atoms with E-state index < -0.39 is 17.7 Å². The van der Waals surface area contributed by atoms with E-state index in [0.29, 0.717) is 20.7 Å². The van der Waals surface area contributed by atoms with Crippen molar-refractivity contribution in [3.05, 3.63) is 63.1 Å². The van der Waals surface area contributed by atoms with Crippen molar-refractivity contribution in [3.8, 4) is 0 Å². The monoisotopic (exact) mass is 361 g/mol. The van der Waals surface area contributed by atoms with Gasteiger partial charge in [-0.15, -0.1) is 0 Å². The molecule has 0 saturated heterocycles. The van der Waals surface area contributed by atoms with Crippen LogP contribution >= 0.6 is 27.5 Å². The molecule has 0 aliphatic rings. The normalized spacial score (nSPS) is 12.2. The smallest absolute Gasteiger partial charge is 0.126 e. The molecular weight excluding hydrogens is 352 g/mol. The molecule has 2 aromatic rings. The summed E-state index contributed by atoms with van der Waals surface area (Å²) >= 11 is 9.17. The molecule has 20 heavy (non-hydrogen) atoms. The third kappa shape index (κ3) is 3.69. The average molecular weight is 363 g/mol. The van der Waals surface area contributed by atoms with Gasteiger partial charge in [-0.05, 0) is 51.8 Å². The van der Waals surface area contributed by atoms with E-state index in [0.717, 1.165) is 6.07 Å². The fourth-order valence-electron chi connectivity index (χ4n) is 1.80. The Hall–Kier alpha value is -1.17. The molecule has 0 saturated carbocycles. The molecule has 0 amide bonds. The second-order valence-corrected chi connectivity index (χ2v) is 5.47. The van der Waals surface area contributed by atoms with Crippen molar-refractivity contribution in [2.75, 3.05) is 11.9 Å². The molecule has 0 aliphatic heterocycles. The van der Waals surface area contributed by atoms with Crippen LogP contribution in [-0.2, 0) is 0 Å². The highest BCUT2D eigenvalue weighted by atomic mass is 79.9. The molecule has 0 heterocycles. The average Bonchev–Trinajstić information content (AvgIpc) is 2.38. The summed E-state index contributed by atoms with van der Waals surface area (Å²) in [6.45, 7) is -0.302. The molecule has 2 N–H and O–H groups in total. The van der Waals surface area contributed by atoms with Gasteiger partial charge in [0.05, 0.1) is 17.7 Å². The predicted molar refractivity (Wildman–Crippen MR) is 79.0 cm³/mol. The van der Waals surface area contributed by atoms with Crippen molar-refractivity contribution in [3.63, 3.8) is 0 Å². The topological polar surface area (TPSA) is 32.3 Å². The Labute approximate surface area is 128 Å². The first kappa shape index (κ1) is 15.2. The van der Waals surface area contributed by atoms with E-state index in [4.69, 9.17) is 11.6 Å². The van der Waals surface area contributed by atoms with Gasteiger partial charge in [0.25, 0.3) is 0 Å². The van der Waals surface area contributed by atoms with E-state index in [1.165, 1.54) is 12.1 Å². The van der Waals surface area contributed by atoms with Crippen molar-refractivity contribution in [2.45, 2.75) is 6.04 Å². The zero-order valence-corrected chi connectivity index (χ0v) is 12.5. The first-order chi connectivity index (χ1) is 9.49. The molecule has 0 fully saturated rings. The molecule has 0 aliphatic carbocycles. The van der Waals surface area contributed by atoms with E-state index in [-0.39, 0.29) is 6.61 Å². The van der Waals surface area contributed by atoms with Gasteiger partial charge in [0, 0.05) is 16.2 Å². The highest BCUT2D eigenvalue weighted by Crippen LogP contribution is 2.28. The van der Waals surface area contributed by atoms with E-state index in [2.05, 4.69) is 21.2 Å². The number of rotatable bonds is 4. The number of halogens is 4. The first-order valence-electron chi connectivity index (χ1n) is 5.78. The lowest BCUT2D eigenvalue weighted by molar-refractivity contribution is 0.276. The summed E-state index contributed by atoms with van der Waals surface area (Å²) < 4.78 is 27.1. The maximum atomic E-state index is 13.2. The first-order valence-corrected chi connectivity index (χ1v) is 6.95. The predicted octanol–water partition coefficient (Wildman–Crippen LogP) is 4.53. The van der Waals surface area contributed by atoms with E-state index in [1.54, 1.807) is 18.2 Å². The van der Waals surface area contributed by atoms with Gasteiger partial charge in [0.1, 0.15) is 11.6 Å². The molecule has 2 aromatic carbocycles. The van der Waals surface area contributed by atoms with Crippen LogP contribution in [0.3, 0.4) is 0 Å². The van der Waals surface area contributed by atoms with Crippen LogP contribution in [0.5, 0.6) is 0 Å². The molecule has 2 nitrogen and oxygen atoms in total. The highest BCUT2D eigenvalue weighted by Gasteiger charge is 2.13. The van der Waals surface area contributed by atoms with E-state index in [1.807, 2.05) is 0 Å². The molecule has 0 bridgehead atoms. The van der Waals surface area contributed by atoms with Crippen LogP contribution in [0, 0.1) is 11.6 Å². The zero-order valence-electron chi connectivity index (χ0n) is 10.2. The van der Waals surface area contributed by atoms with Gasteiger partial charge < -0.3 is 10.4 Å². The summed E-state index contributed by atoms with van der Waals surface area (Å²) in [6.07, 6.45) is 0. The second-order valence-electron chi connectivity index (χ2n) is 4.21. The Morgan fingerprint density at radius 1 is 1.15 bits per heavy atom. The number of hydrogen-bond acceptors (Lipinski definition) is 2. The lowest BCUT2D eigenvalue weighted by Crippen LogP contribution is -2.15. The summed E-state index contributed by atoms with van der Waals surface area (Å²) in [5, 5.41) is 12.9. The van der Waals surface area contributed by atoms with E-state index in [9.17, 15) is 13.9 Å². The van der Waals surface area contributed by atoms with Gasteiger partial charge in [0.2, 0.25) is 0 Å². The molecular formula is C14H11BrClF2NO. The van der Waals surface area contributed by atoms with Crippen molar-refractivity contribution >= 4 is 33.2 Å². The summed E-state index contributed by atoms with van der Waals surface area (Å²) in [5.74, 6) is -1.37. The Bertz CT molecular complexity index is 604. The molecule has 0 spiro atoms. The number of anilines is 1. The van der Waals surface area contributed by atoms with Gasteiger partial charge in [-0.1, -0.05) is 11.6 Å². The molecule has 6 heteroatoms. The van der Waals surface area contributed by atoms with Crippen LogP contribution in [0.2, 0.25) is 5.02 Å². The molecule has 0 radical (unpaired) electrons. The van der Waals surface area contributed by atoms with Crippen LogP contribution in [0.1, 0.15) is 11.6 Å². The zero-order chi connectivity index (χ0) is 14.7. The lowest BCUT2D eigenvalue weighted by Gasteiger charge is -2.18. The van der Waals surface area contributed by atoms with Gasteiger partial charge in [-0.25, -0.2) is 8.78 Å². The summed E-state index contributed by atoms with van der Waals surface area (Å²) in [4.78, 5) is 0. The minimum Gasteiger partial charge on any atom is -0.394 e. The third-order valence-corrected chi connectivity index (χ3v) is 3.94. The maximum absolute atomic E-state index is 13.2. The van der Waals surface area contributed by atoms with Crippen LogP contribution in [0.15, 0.2) is 40.9 Å². The molecule has 1 atom stereocenters. The van der Waals surface area contributed by atoms with Crippen molar-refractivity contribution in [1.29, 1.82) is 0 Å². The van der Waals surface area contributed by atoms with Crippen LogP contribution in [0.4, 0.5) is 14.5 Å². The lowest BCUT2D eigenvalue weighted by atomic mass is 10.1. The quantitative estimate of drug-likeness (QED) is 0.838. The molecule has 2 rings (SSSR count). The fraction of sp³-hybridized carbons (Fsp3) is 0.143. The summed E-state index contributed by atoms with van der Waals surface area (Å²) in [5.41, 5.74) is 1.00. The number of aliphatic hydroxyl groups is 1. The summed E-state index contributed by atoms with van der Waals surface area (Å²) in [7, 11) is 0. The largest absolute Gasteiger partial charge is 0.394 e. The minimum absolute atomic E-state index is 0.302. The Morgan fingerprint density at radius 3 is 2.35 bits per heavy atom. The maximum Gasteiger partial charge on any atom is 0.126 e. The Kier molecular flexibility index (Phi) is 4.96. The van der Waals surface area contributed by atoms with Gasteiger partial charge in [0.15, 0.2) is 0 Å². The van der Waals surface area contributed by atoms with Gasteiger partial charge in [-0.3, -0.25) is 0 Å². The van der Waals surface area contributed by atoms with Crippen molar-refractivity contribution in [1.82, 2.24) is 0 Å². The Morgan fingerprint density at radius 2 is 1.80 bits per heavy atom. The van der Waals surface area contributed by atoms with Crippen LogP contribution in [-0.4, -0.2) is 11.7 Å². The second kappa shape index (κ2) is 6.52. The standard InChI is InChI=1S/C14H11BrClF2NO/c15-12-6-11(1-2-13(12)16)19-14(7-20)8-3-9(17)5-10(18)4-8/h1-6,14,19-20H,7H2. The summed E-state index contributed by atoms with van der Waals surface area (Å²) in [6, 6.07) is 7.65. The van der Waals surface area contributed by atoms with Crippen LogP contribution < -0.4 is 5.32 Å². The SMILES string of the molecule is OCC(Nc1ccc(Cl)c(Br)c1)c1cc(F)cc(F)c1. The number of benzene rings is 2. The van der Waals surface area contributed by atoms with E-state index >= 15 is 0 Å².